The van der Waals surface area contributed by atoms with E-state index >= 15 is 0 Å². The van der Waals surface area contributed by atoms with E-state index in [-0.39, 0.29) is 6.54 Å². The molecule has 0 bridgehead atoms. The van der Waals surface area contributed by atoms with Gasteiger partial charge in [0.1, 0.15) is 12.1 Å². The quantitative estimate of drug-likeness (QED) is 0.702. The Hall–Kier alpha value is -1.79. The molecule has 2 aliphatic rings. The number of nitrogens with one attached hydrogen (secondary N) is 2. The Morgan fingerprint density at radius 3 is 2.42 bits per heavy atom. The van der Waals surface area contributed by atoms with Crippen LogP contribution in [-0.2, 0) is 9.59 Å². The van der Waals surface area contributed by atoms with Crippen LogP contribution in [-0.4, -0.2) is 52.1 Å². The van der Waals surface area contributed by atoms with E-state index in [1.807, 2.05) is 0 Å². The Morgan fingerprint density at radius 2 is 1.92 bits per heavy atom. The molecule has 3 amide bonds. The van der Waals surface area contributed by atoms with Crippen molar-refractivity contribution in [3.05, 3.63) is 0 Å². The van der Waals surface area contributed by atoms with Crippen LogP contribution in [0.1, 0.15) is 67.5 Å². The van der Waals surface area contributed by atoms with Crippen molar-refractivity contribution >= 4 is 17.9 Å². The van der Waals surface area contributed by atoms with E-state index in [1.165, 1.54) is 34.6 Å². The van der Waals surface area contributed by atoms with Gasteiger partial charge in [-0.05, 0) is 37.4 Å². The fraction of sp³-hybridized carbons (Fsp3) is 0.842. The zero-order valence-corrected chi connectivity index (χ0v) is 15.6. The number of aliphatic carboxylic acids is 1. The molecule has 3 N–H and O–H groups in total. The van der Waals surface area contributed by atoms with Crippen LogP contribution in [0.5, 0.6) is 0 Å². The van der Waals surface area contributed by atoms with Crippen LogP contribution in [0.4, 0.5) is 4.79 Å². The highest BCUT2D eigenvalue weighted by Crippen LogP contribution is 2.64. The number of urea groups is 1. The molecule has 2 rings (SSSR count). The summed E-state index contributed by atoms with van der Waals surface area (Å²) in [7, 11) is 0. The van der Waals surface area contributed by atoms with Gasteiger partial charge in [0, 0.05) is 30.3 Å². The first kappa shape index (κ1) is 11.1. The van der Waals surface area contributed by atoms with Crippen LogP contribution >= 0.6 is 0 Å². The Morgan fingerprint density at radius 1 is 1.27 bits per heavy atom. The smallest absolute Gasteiger partial charge is 0.326 e. The molecular formula is C19H33N3O4. The number of rotatable bonds is 3. The van der Waals surface area contributed by atoms with E-state index in [0.29, 0.717) is 0 Å². The molecule has 1 saturated heterocycles. The molecule has 0 radical (unpaired) electrons. The van der Waals surface area contributed by atoms with Gasteiger partial charge in [-0.1, -0.05) is 34.5 Å². The van der Waals surface area contributed by atoms with Crippen LogP contribution in [0.3, 0.4) is 0 Å². The second-order valence-corrected chi connectivity index (χ2v) is 8.57. The molecule has 7 heteroatoms. The molecule has 0 spiro atoms. The van der Waals surface area contributed by atoms with Crippen LogP contribution in [0.25, 0.3) is 0 Å². The van der Waals surface area contributed by atoms with Crippen LogP contribution in [0.15, 0.2) is 0 Å². The van der Waals surface area contributed by atoms with Gasteiger partial charge in [0.05, 0.1) is 0 Å². The summed E-state index contributed by atoms with van der Waals surface area (Å²) in [6.07, 6.45) is 0. The number of piperidine rings is 1. The zero-order chi connectivity index (χ0) is 27.7. The molecule has 148 valence electrons. The molecule has 1 aliphatic heterocycles. The largest absolute Gasteiger partial charge is 0.480 e. The van der Waals surface area contributed by atoms with Gasteiger partial charge >= 0.3 is 12.0 Å². The first-order chi connectivity index (χ1) is 15.3. The molecule has 1 heterocycles. The zero-order valence-electron chi connectivity index (χ0n) is 24.6. The van der Waals surface area contributed by atoms with E-state index in [2.05, 4.69) is 10.6 Å². The normalized spacial score (nSPS) is 38.4. The summed E-state index contributed by atoms with van der Waals surface area (Å²) in [5.41, 5.74) is -4.93. The van der Waals surface area contributed by atoms with E-state index < -0.39 is 78.8 Å². The molecule has 1 aliphatic carbocycles. The van der Waals surface area contributed by atoms with Gasteiger partial charge in [-0.3, -0.25) is 4.79 Å². The predicted octanol–water partition coefficient (Wildman–Crippen LogP) is 2.07. The summed E-state index contributed by atoms with van der Waals surface area (Å²) in [6, 6.07) is -4.40. The van der Waals surface area contributed by atoms with Crippen molar-refractivity contribution < 1.29 is 31.8 Å². The third kappa shape index (κ3) is 3.81. The lowest BCUT2D eigenvalue weighted by Crippen LogP contribution is -2.60. The number of hydrogen-bond donors (Lipinski definition) is 3. The number of hydrogen-bond acceptors (Lipinski definition) is 3. The summed E-state index contributed by atoms with van der Waals surface area (Å²) >= 11 is 0. The van der Waals surface area contributed by atoms with E-state index in [1.54, 1.807) is 0 Å². The molecule has 7 nitrogen and oxygen atoms in total. The Balaban J connectivity index is 2.41. The minimum Gasteiger partial charge on any atom is -0.480 e. The molecule has 0 aromatic carbocycles. The van der Waals surface area contributed by atoms with Crippen molar-refractivity contribution in [1.82, 2.24) is 15.5 Å². The van der Waals surface area contributed by atoms with Crippen LogP contribution < -0.4 is 10.6 Å². The van der Waals surface area contributed by atoms with Gasteiger partial charge in [-0.2, -0.15) is 0 Å². The average Bonchev–Trinajstić information content (AvgIpc) is 3.03. The molecule has 1 unspecified atom stereocenters. The Labute approximate surface area is 168 Å². The summed E-state index contributed by atoms with van der Waals surface area (Å²) < 4.78 is 69.7. The van der Waals surface area contributed by atoms with Gasteiger partial charge in [-0.25, -0.2) is 9.59 Å². The molecule has 1 saturated carbocycles. The molecule has 0 aromatic heterocycles. The standard InChI is InChI=1S/C19H33N3O4/c1-17(2,3)13(20-16(26)21-18(4,5)6)14(23)22-9-10-11(19(10,7)8)12(22)15(24)25/h10-13H,9H2,1-8H3,(H,24,25)(H2,20,21,26)/t10-,11-,12-,13+/m0/s1/i1D3,4D3,7D3/t10-,11-,12-,13+,19?. The first-order valence-corrected chi connectivity index (χ1v) is 8.44. The lowest BCUT2D eigenvalue weighted by molar-refractivity contribution is -0.152. The lowest BCUT2D eigenvalue weighted by atomic mass is 9.85. The second kappa shape index (κ2) is 6.13. The van der Waals surface area contributed by atoms with Crippen molar-refractivity contribution in [3.8, 4) is 0 Å². The second-order valence-electron chi connectivity index (χ2n) is 8.57. The summed E-state index contributed by atoms with van der Waals surface area (Å²) in [4.78, 5) is 39.3. The van der Waals surface area contributed by atoms with Gasteiger partial charge in [0.15, 0.2) is 0 Å². The maximum atomic E-state index is 13.6. The number of amides is 3. The predicted molar refractivity (Wildman–Crippen MR) is 98.6 cm³/mol. The summed E-state index contributed by atoms with van der Waals surface area (Å²) in [5.74, 6) is -3.94. The van der Waals surface area contributed by atoms with Crippen molar-refractivity contribution in [3.63, 3.8) is 0 Å². The summed E-state index contributed by atoms with van der Waals surface area (Å²) in [6.45, 7) is -1.77. The number of carboxylic acids is 1. The fourth-order valence-electron chi connectivity index (χ4n) is 3.69. The number of carboxylic acid groups (broad SMARTS) is 1. The molecule has 5 atom stereocenters. The van der Waals surface area contributed by atoms with Crippen molar-refractivity contribution in [2.75, 3.05) is 6.54 Å². The minimum atomic E-state index is -2.78. The molecular weight excluding hydrogens is 334 g/mol. The van der Waals surface area contributed by atoms with Crippen molar-refractivity contribution in [1.29, 1.82) is 0 Å². The highest BCUT2D eigenvalue weighted by atomic mass is 16.4. The Kier molecular flexibility index (Phi) is 2.63. The van der Waals surface area contributed by atoms with Gasteiger partial charge < -0.3 is 20.6 Å². The average molecular weight is 377 g/mol. The highest BCUT2D eigenvalue weighted by molar-refractivity contribution is 5.92. The van der Waals surface area contributed by atoms with Crippen LogP contribution in [0, 0.1) is 22.7 Å². The van der Waals surface area contributed by atoms with Crippen molar-refractivity contribution in [2.24, 2.45) is 22.7 Å². The Bertz CT molecular complexity index is 897. The van der Waals surface area contributed by atoms with Gasteiger partial charge in [0.25, 0.3) is 0 Å². The van der Waals surface area contributed by atoms with Crippen molar-refractivity contribution in [2.45, 2.75) is 72.8 Å². The monoisotopic (exact) mass is 376 g/mol. The maximum Gasteiger partial charge on any atom is 0.326 e. The first-order valence-electron chi connectivity index (χ1n) is 12.9. The van der Waals surface area contributed by atoms with E-state index in [0.717, 1.165) is 4.90 Å². The van der Waals surface area contributed by atoms with Crippen LogP contribution in [0.2, 0.25) is 0 Å². The number of carbonyl (C=O) groups is 3. The van der Waals surface area contributed by atoms with Gasteiger partial charge in [0.2, 0.25) is 5.91 Å². The third-order valence-corrected chi connectivity index (χ3v) is 5.06. The highest BCUT2D eigenvalue weighted by Gasteiger charge is 2.70. The topological polar surface area (TPSA) is 98.7 Å². The lowest BCUT2D eigenvalue weighted by Gasteiger charge is -2.37. The molecule has 26 heavy (non-hydrogen) atoms. The van der Waals surface area contributed by atoms with Gasteiger partial charge in [-0.15, -0.1) is 0 Å². The minimum absolute atomic E-state index is 0.229. The van der Waals surface area contributed by atoms with E-state index in [4.69, 9.17) is 12.3 Å². The van der Waals surface area contributed by atoms with E-state index in [9.17, 15) is 19.5 Å². The number of nitrogens with zero attached hydrogens (tertiary/aromatic N) is 1. The number of likely N-dealkylation sites (tertiary alicyclic amines) is 1. The summed E-state index contributed by atoms with van der Waals surface area (Å²) in [5, 5.41) is 14.3. The third-order valence-electron chi connectivity index (χ3n) is 5.06. The number of fused-ring (bicyclic) bond motifs is 1. The molecule has 0 aromatic rings. The number of carbonyl (C=O) groups excluding carboxylic acids is 2. The maximum absolute atomic E-state index is 13.6. The fourth-order valence-corrected chi connectivity index (χ4v) is 3.69. The molecule has 2 fully saturated rings. The SMILES string of the molecule is [2H]C([2H])([2H])C(C)(C)NC(=O)N[C@H](C(=O)N1C[C@H]2[C@@H]([C@H]1C(=O)O)C2(C)C([2H])([2H])[2H])C(C)(C)C([2H])([2H])[2H].